The fourth-order valence-corrected chi connectivity index (χ4v) is 1.98. The third kappa shape index (κ3) is 1.94. The number of benzene rings is 2. The van der Waals surface area contributed by atoms with Crippen LogP contribution in [0.1, 0.15) is 16.7 Å². The molecule has 0 aliphatic carbocycles. The topological polar surface area (TPSA) is 20.2 Å². The summed E-state index contributed by atoms with van der Waals surface area (Å²) in [6.45, 7) is 6.18. The first kappa shape index (κ1) is 10.7. The van der Waals surface area contributed by atoms with E-state index < -0.39 is 0 Å². The van der Waals surface area contributed by atoms with Gasteiger partial charge < -0.3 is 5.11 Å². The molecule has 0 fully saturated rings. The van der Waals surface area contributed by atoms with Crippen LogP contribution in [0.3, 0.4) is 0 Å². The second-order valence-corrected chi connectivity index (χ2v) is 4.34. The minimum absolute atomic E-state index is 0.345. The molecule has 2 aromatic carbocycles. The molecule has 82 valence electrons. The van der Waals surface area contributed by atoms with E-state index in [1.807, 2.05) is 19.1 Å². The Balaban J connectivity index is 2.62. The number of aryl methyl sites for hydroxylation is 3. The Morgan fingerprint density at radius 2 is 1.38 bits per heavy atom. The molecule has 16 heavy (non-hydrogen) atoms. The number of phenols is 1. The Morgan fingerprint density at radius 3 is 2.06 bits per heavy atom. The summed E-state index contributed by atoms with van der Waals surface area (Å²) in [6, 6.07) is 12.0. The number of phenolic OH excluding ortho intramolecular Hbond substituents is 1. The average molecular weight is 212 g/mol. The highest BCUT2D eigenvalue weighted by Gasteiger charge is 2.07. The summed E-state index contributed by atoms with van der Waals surface area (Å²) in [6.07, 6.45) is 0. The lowest BCUT2D eigenvalue weighted by Gasteiger charge is -2.10. The summed E-state index contributed by atoms with van der Waals surface area (Å²) in [7, 11) is 0. The van der Waals surface area contributed by atoms with E-state index in [4.69, 9.17) is 0 Å². The molecule has 2 aromatic rings. The molecule has 0 atom stereocenters. The second kappa shape index (κ2) is 4.01. The highest BCUT2D eigenvalue weighted by Crippen LogP contribution is 2.32. The van der Waals surface area contributed by atoms with E-state index >= 15 is 0 Å². The van der Waals surface area contributed by atoms with Crippen LogP contribution in [0.4, 0.5) is 0 Å². The third-order valence-corrected chi connectivity index (χ3v) is 2.82. The lowest BCUT2D eigenvalue weighted by molar-refractivity contribution is 0.477. The Hall–Kier alpha value is -1.76. The van der Waals surface area contributed by atoms with E-state index in [1.54, 1.807) is 6.07 Å². The Morgan fingerprint density at radius 1 is 0.750 bits per heavy atom. The highest BCUT2D eigenvalue weighted by atomic mass is 16.3. The maximum atomic E-state index is 9.88. The van der Waals surface area contributed by atoms with Crippen LogP contribution in [-0.2, 0) is 0 Å². The minimum atomic E-state index is 0.345. The molecule has 0 bridgehead atoms. The maximum absolute atomic E-state index is 9.88. The van der Waals surface area contributed by atoms with Gasteiger partial charge in [0.15, 0.2) is 0 Å². The van der Waals surface area contributed by atoms with Gasteiger partial charge in [0.05, 0.1) is 0 Å². The fourth-order valence-electron chi connectivity index (χ4n) is 1.98. The standard InChI is InChI=1S/C15H16O/c1-10-4-6-13(12(3)8-10)14-9-11(2)5-7-15(14)16/h4-9,16H,1-3H3. The molecule has 0 unspecified atom stereocenters. The van der Waals surface area contributed by atoms with Crippen LogP contribution in [-0.4, -0.2) is 5.11 Å². The van der Waals surface area contributed by atoms with E-state index in [0.29, 0.717) is 5.75 Å². The van der Waals surface area contributed by atoms with Gasteiger partial charge in [-0.05, 0) is 44.0 Å². The van der Waals surface area contributed by atoms with E-state index in [9.17, 15) is 5.11 Å². The van der Waals surface area contributed by atoms with Gasteiger partial charge in [-0.2, -0.15) is 0 Å². The zero-order valence-corrected chi connectivity index (χ0v) is 9.91. The molecule has 0 saturated heterocycles. The van der Waals surface area contributed by atoms with E-state index in [1.165, 1.54) is 11.1 Å². The molecule has 1 nitrogen and oxygen atoms in total. The van der Waals surface area contributed by atoms with Crippen molar-refractivity contribution < 1.29 is 5.11 Å². The molecule has 0 aromatic heterocycles. The fraction of sp³-hybridized carbons (Fsp3) is 0.200. The van der Waals surface area contributed by atoms with Crippen molar-refractivity contribution in [2.24, 2.45) is 0 Å². The molecule has 0 saturated carbocycles. The van der Waals surface area contributed by atoms with Gasteiger partial charge in [0.1, 0.15) is 5.75 Å². The summed E-state index contributed by atoms with van der Waals surface area (Å²) in [5.74, 6) is 0.345. The number of aromatic hydroxyl groups is 1. The molecule has 1 N–H and O–H groups in total. The first-order valence-corrected chi connectivity index (χ1v) is 5.45. The van der Waals surface area contributed by atoms with Crippen molar-refractivity contribution in [2.45, 2.75) is 20.8 Å². The third-order valence-electron chi connectivity index (χ3n) is 2.82. The van der Waals surface area contributed by atoms with Crippen molar-refractivity contribution in [3.05, 3.63) is 53.1 Å². The van der Waals surface area contributed by atoms with E-state index in [-0.39, 0.29) is 0 Å². The normalized spacial score (nSPS) is 10.4. The molecule has 0 amide bonds. The van der Waals surface area contributed by atoms with Gasteiger partial charge >= 0.3 is 0 Å². The van der Waals surface area contributed by atoms with Crippen molar-refractivity contribution in [2.75, 3.05) is 0 Å². The van der Waals surface area contributed by atoms with Crippen LogP contribution in [0, 0.1) is 20.8 Å². The number of hydrogen-bond donors (Lipinski definition) is 1. The first-order valence-electron chi connectivity index (χ1n) is 5.45. The molecule has 0 spiro atoms. The molecule has 0 aliphatic rings. The van der Waals surface area contributed by atoms with Crippen molar-refractivity contribution in [3.63, 3.8) is 0 Å². The van der Waals surface area contributed by atoms with Gasteiger partial charge in [-0.1, -0.05) is 35.4 Å². The van der Waals surface area contributed by atoms with Crippen LogP contribution >= 0.6 is 0 Å². The maximum Gasteiger partial charge on any atom is 0.123 e. The Kier molecular flexibility index (Phi) is 2.69. The Bertz CT molecular complexity index is 527. The SMILES string of the molecule is Cc1ccc(-c2cc(C)ccc2O)c(C)c1. The predicted octanol–water partition coefficient (Wildman–Crippen LogP) is 3.98. The van der Waals surface area contributed by atoms with Crippen molar-refractivity contribution in [1.29, 1.82) is 0 Å². The second-order valence-electron chi connectivity index (χ2n) is 4.34. The van der Waals surface area contributed by atoms with Gasteiger partial charge in [-0.15, -0.1) is 0 Å². The largest absolute Gasteiger partial charge is 0.507 e. The first-order chi connectivity index (χ1) is 7.58. The molecule has 1 heteroatoms. The molecule has 0 radical (unpaired) electrons. The summed E-state index contributed by atoms with van der Waals surface area (Å²) >= 11 is 0. The highest BCUT2D eigenvalue weighted by molar-refractivity contribution is 5.73. The van der Waals surface area contributed by atoms with Gasteiger partial charge in [-0.3, -0.25) is 0 Å². The molecule has 2 rings (SSSR count). The van der Waals surface area contributed by atoms with Crippen molar-refractivity contribution >= 4 is 0 Å². The summed E-state index contributed by atoms with van der Waals surface area (Å²) in [5.41, 5.74) is 5.62. The smallest absolute Gasteiger partial charge is 0.123 e. The van der Waals surface area contributed by atoms with Crippen LogP contribution in [0.5, 0.6) is 5.75 Å². The van der Waals surface area contributed by atoms with E-state index in [0.717, 1.165) is 16.7 Å². The molecular weight excluding hydrogens is 196 g/mol. The van der Waals surface area contributed by atoms with Crippen LogP contribution < -0.4 is 0 Å². The summed E-state index contributed by atoms with van der Waals surface area (Å²) in [4.78, 5) is 0. The number of hydrogen-bond acceptors (Lipinski definition) is 1. The average Bonchev–Trinajstić information content (AvgIpc) is 2.22. The molecular formula is C15H16O. The Labute approximate surface area is 96.4 Å². The minimum Gasteiger partial charge on any atom is -0.507 e. The van der Waals surface area contributed by atoms with Gasteiger partial charge in [0.2, 0.25) is 0 Å². The number of rotatable bonds is 1. The lowest BCUT2D eigenvalue weighted by Crippen LogP contribution is -1.86. The molecule has 0 aliphatic heterocycles. The monoisotopic (exact) mass is 212 g/mol. The summed E-state index contributed by atoms with van der Waals surface area (Å²) in [5, 5.41) is 9.88. The zero-order valence-electron chi connectivity index (χ0n) is 9.91. The predicted molar refractivity (Wildman–Crippen MR) is 67.8 cm³/mol. The van der Waals surface area contributed by atoms with E-state index in [2.05, 4.69) is 32.0 Å². The van der Waals surface area contributed by atoms with Gasteiger partial charge in [-0.25, -0.2) is 0 Å². The van der Waals surface area contributed by atoms with Crippen LogP contribution in [0.2, 0.25) is 0 Å². The van der Waals surface area contributed by atoms with Crippen LogP contribution in [0.15, 0.2) is 36.4 Å². The van der Waals surface area contributed by atoms with Gasteiger partial charge in [0, 0.05) is 5.56 Å². The summed E-state index contributed by atoms with van der Waals surface area (Å²) < 4.78 is 0. The zero-order chi connectivity index (χ0) is 11.7. The quantitative estimate of drug-likeness (QED) is 0.758. The van der Waals surface area contributed by atoms with Crippen molar-refractivity contribution in [3.8, 4) is 16.9 Å². The van der Waals surface area contributed by atoms with Gasteiger partial charge in [0.25, 0.3) is 0 Å². The van der Waals surface area contributed by atoms with Crippen LogP contribution in [0.25, 0.3) is 11.1 Å². The molecule has 0 heterocycles. The van der Waals surface area contributed by atoms with Crippen molar-refractivity contribution in [1.82, 2.24) is 0 Å². The lowest BCUT2D eigenvalue weighted by atomic mass is 9.97.